The van der Waals surface area contributed by atoms with Crippen molar-refractivity contribution >= 4 is 106 Å². The Hall–Kier alpha value is -7.58. The zero-order valence-corrected chi connectivity index (χ0v) is 33.1. The summed E-state index contributed by atoms with van der Waals surface area (Å²) in [5.41, 5.74) is 1.93. The molecular weight excluding hydrogens is 888 g/mol. The van der Waals surface area contributed by atoms with E-state index in [1.807, 2.05) is 0 Å². The standard InChI is InChI=1S/C38H21Cl4N7O12/c39-23-5-9-26(29(41)16-23)37(52)60-33-11-3-21(14-31(33)48(56)57)18-43-45-35(50)28(13-20-1-7-25(8-2-20)47(54)55)36(51)46-44-19-22-4-12-34(32(15-22)49(58)59)61-38(53)27-10-6-24(40)17-30(27)42/h1-19H,(H,45,50)(H,46,51)/b43-18-,44-19-. The maximum atomic E-state index is 13.3. The SMILES string of the molecule is O=C(N/N=C\c1ccc(OC(=O)c2ccc(Cl)cc2Cl)c([N+](=O)[O-])c1)C(=Cc1ccc([N+](=O)[O-])cc1)C(=O)N/N=C\c1ccc(OC(=O)c2ccc(Cl)cc2Cl)c([N+](=O)[O-])c1. The van der Waals surface area contributed by atoms with Gasteiger partial charge < -0.3 is 9.47 Å². The molecule has 0 atom stereocenters. The molecule has 0 bridgehead atoms. The van der Waals surface area contributed by atoms with Gasteiger partial charge >= 0.3 is 23.3 Å². The van der Waals surface area contributed by atoms with Gasteiger partial charge in [-0.25, -0.2) is 20.4 Å². The van der Waals surface area contributed by atoms with Crippen LogP contribution in [-0.2, 0) is 9.59 Å². The molecule has 0 aliphatic rings. The number of nitrogens with zero attached hydrogens (tertiary/aromatic N) is 5. The number of amides is 2. The summed E-state index contributed by atoms with van der Waals surface area (Å²) in [6.45, 7) is 0. The first-order valence-electron chi connectivity index (χ1n) is 16.5. The summed E-state index contributed by atoms with van der Waals surface area (Å²) in [5, 5.41) is 42.6. The minimum Gasteiger partial charge on any atom is -0.416 e. The van der Waals surface area contributed by atoms with Crippen LogP contribution in [0.1, 0.15) is 37.4 Å². The number of hydrazone groups is 2. The van der Waals surface area contributed by atoms with Gasteiger partial charge in [0.1, 0.15) is 5.57 Å². The fraction of sp³-hybridized carbons (Fsp3) is 0. The molecular formula is C38H21Cl4N7O12. The molecule has 2 N–H and O–H groups in total. The number of non-ortho nitro benzene ring substituents is 1. The summed E-state index contributed by atoms with van der Waals surface area (Å²) < 4.78 is 10.4. The lowest BCUT2D eigenvalue weighted by Gasteiger charge is -2.08. The highest BCUT2D eigenvalue weighted by molar-refractivity contribution is 6.37. The van der Waals surface area contributed by atoms with Crippen LogP contribution in [0, 0.1) is 30.3 Å². The van der Waals surface area contributed by atoms with Gasteiger partial charge in [0, 0.05) is 45.4 Å². The second kappa shape index (κ2) is 19.9. The fourth-order valence-corrected chi connectivity index (χ4v) is 5.82. The molecule has 2 amide bonds. The van der Waals surface area contributed by atoms with Crippen molar-refractivity contribution in [3.8, 4) is 11.5 Å². The third-order valence-electron chi connectivity index (χ3n) is 7.73. The van der Waals surface area contributed by atoms with Gasteiger partial charge in [-0.1, -0.05) is 46.4 Å². The van der Waals surface area contributed by atoms with Crippen molar-refractivity contribution in [2.24, 2.45) is 10.2 Å². The molecule has 5 aromatic rings. The second-order valence-electron chi connectivity index (χ2n) is 11.8. The Balaban J connectivity index is 1.33. The van der Waals surface area contributed by atoms with E-state index in [4.69, 9.17) is 55.9 Å². The molecule has 23 heteroatoms. The van der Waals surface area contributed by atoms with E-state index in [2.05, 4.69) is 21.1 Å². The lowest BCUT2D eigenvalue weighted by atomic mass is 10.1. The van der Waals surface area contributed by atoms with Crippen LogP contribution in [0.15, 0.2) is 113 Å². The van der Waals surface area contributed by atoms with Crippen LogP contribution in [0.5, 0.6) is 11.5 Å². The Morgan fingerprint density at radius 2 is 0.951 bits per heavy atom. The third kappa shape index (κ3) is 11.8. The summed E-state index contributed by atoms with van der Waals surface area (Å²) in [7, 11) is 0. The van der Waals surface area contributed by atoms with Crippen molar-refractivity contribution < 1.29 is 43.4 Å². The van der Waals surface area contributed by atoms with Gasteiger partial charge in [0.05, 0.1) is 48.4 Å². The number of hydrogen-bond acceptors (Lipinski definition) is 14. The van der Waals surface area contributed by atoms with Gasteiger partial charge in [-0.15, -0.1) is 0 Å². The highest BCUT2D eigenvalue weighted by Crippen LogP contribution is 2.31. The number of rotatable bonds is 14. The van der Waals surface area contributed by atoms with Crippen LogP contribution < -0.4 is 20.3 Å². The maximum absolute atomic E-state index is 13.3. The number of nitro groups is 3. The predicted octanol–water partition coefficient (Wildman–Crippen LogP) is 8.15. The molecule has 61 heavy (non-hydrogen) atoms. The van der Waals surface area contributed by atoms with Crippen molar-refractivity contribution in [2.45, 2.75) is 0 Å². The minimum absolute atomic E-state index is 0.0370. The number of carbonyl (C=O) groups is 4. The number of ether oxygens (including phenoxy) is 2. The summed E-state index contributed by atoms with van der Waals surface area (Å²) in [6, 6.07) is 19.3. The molecule has 19 nitrogen and oxygen atoms in total. The van der Waals surface area contributed by atoms with Crippen LogP contribution in [0.4, 0.5) is 17.1 Å². The van der Waals surface area contributed by atoms with E-state index in [0.717, 1.165) is 54.9 Å². The largest absolute Gasteiger partial charge is 0.416 e. The van der Waals surface area contributed by atoms with Gasteiger partial charge in [0.25, 0.3) is 17.5 Å². The van der Waals surface area contributed by atoms with Gasteiger partial charge in [-0.05, 0) is 84.4 Å². The first kappa shape index (κ1) is 44.5. The summed E-state index contributed by atoms with van der Waals surface area (Å²) >= 11 is 23.8. The molecule has 0 unspecified atom stereocenters. The Labute approximate surface area is 361 Å². The number of benzene rings is 5. The monoisotopic (exact) mass is 907 g/mol. The van der Waals surface area contributed by atoms with Crippen LogP contribution in [0.2, 0.25) is 20.1 Å². The number of halogens is 4. The number of nitrogens with one attached hydrogen (secondary N) is 2. The molecule has 308 valence electrons. The molecule has 0 saturated carbocycles. The molecule has 0 fully saturated rings. The van der Waals surface area contributed by atoms with Crippen molar-refractivity contribution in [3.63, 3.8) is 0 Å². The number of carbonyl (C=O) groups excluding carboxylic acids is 4. The summed E-state index contributed by atoms with van der Waals surface area (Å²) in [5.74, 6) is -5.20. The normalized spacial score (nSPS) is 10.8. The molecule has 0 radical (unpaired) electrons. The lowest BCUT2D eigenvalue weighted by molar-refractivity contribution is -0.385. The first-order valence-corrected chi connectivity index (χ1v) is 18.1. The fourth-order valence-electron chi connectivity index (χ4n) is 4.85. The Morgan fingerprint density at radius 3 is 1.33 bits per heavy atom. The van der Waals surface area contributed by atoms with E-state index in [-0.39, 0.29) is 53.6 Å². The number of hydrogen-bond donors (Lipinski definition) is 2. The van der Waals surface area contributed by atoms with Gasteiger partial charge in [0.15, 0.2) is 0 Å². The lowest BCUT2D eigenvalue weighted by Crippen LogP contribution is -2.30. The average Bonchev–Trinajstić information content (AvgIpc) is 3.20. The second-order valence-corrected chi connectivity index (χ2v) is 13.5. The quantitative estimate of drug-likeness (QED) is 0.0156. The zero-order chi connectivity index (χ0) is 44.4. The molecule has 5 aromatic carbocycles. The number of esters is 2. The molecule has 0 aromatic heterocycles. The van der Waals surface area contributed by atoms with E-state index >= 15 is 0 Å². The van der Waals surface area contributed by atoms with Crippen molar-refractivity contribution in [2.75, 3.05) is 0 Å². The Kier molecular flexibility index (Phi) is 14.5. The number of nitro benzene ring substituents is 3. The zero-order valence-electron chi connectivity index (χ0n) is 30.1. The van der Waals surface area contributed by atoms with Gasteiger partial charge in [-0.3, -0.25) is 39.9 Å². The maximum Gasteiger partial charge on any atom is 0.345 e. The van der Waals surface area contributed by atoms with Crippen molar-refractivity contribution in [3.05, 3.63) is 181 Å². The third-order valence-corrected chi connectivity index (χ3v) is 8.83. The molecule has 0 aliphatic heterocycles. The minimum atomic E-state index is -1.15. The summed E-state index contributed by atoms with van der Waals surface area (Å²) in [6.07, 6.45) is 3.00. The molecule has 0 heterocycles. The predicted molar refractivity (Wildman–Crippen MR) is 222 cm³/mol. The highest BCUT2D eigenvalue weighted by atomic mass is 35.5. The van der Waals surface area contributed by atoms with Crippen LogP contribution in [-0.4, -0.2) is 51.0 Å². The van der Waals surface area contributed by atoms with Crippen LogP contribution in [0.3, 0.4) is 0 Å². The van der Waals surface area contributed by atoms with Crippen molar-refractivity contribution in [1.82, 2.24) is 10.9 Å². The van der Waals surface area contributed by atoms with E-state index in [1.54, 1.807) is 0 Å². The van der Waals surface area contributed by atoms with Crippen LogP contribution in [0.25, 0.3) is 6.08 Å². The van der Waals surface area contributed by atoms with E-state index < -0.39 is 67.0 Å². The Morgan fingerprint density at radius 1 is 0.541 bits per heavy atom. The molecule has 5 rings (SSSR count). The highest BCUT2D eigenvalue weighted by Gasteiger charge is 2.24. The van der Waals surface area contributed by atoms with Crippen LogP contribution >= 0.6 is 46.4 Å². The van der Waals surface area contributed by atoms with Gasteiger partial charge in [0.2, 0.25) is 11.5 Å². The Bertz CT molecular complexity index is 2570. The van der Waals surface area contributed by atoms with E-state index in [9.17, 15) is 49.5 Å². The van der Waals surface area contributed by atoms with E-state index in [0.29, 0.717) is 0 Å². The van der Waals surface area contributed by atoms with Crippen molar-refractivity contribution in [1.29, 1.82) is 0 Å². The molecule has 0 saturated heterocycles. The average molecular weight is 909 g/mol. The first-order chi connectivity index (χ1) is 29.0. The van der Waals surface area contributed by atoms with E-state index in [1.165, 1.54) is 60.7 Å². The van der Waals surface area contributed by atoms with Gasteiger partial charge in [-0.2, -0.15) is 10.2 Å². The molecule has 0 spiro atoms. The topological polar surface area (TPSA) is 265 Å². The smallest absolute Gasteiger partial charge is 0.345 e. The molecule has 0 aliphatic carbocycles. The summed E-state index contributed by atoms with van der Waals surface area (Å²) in [4.78, 5) is 84.3.